The number of fused-ring (bicyclic) bond motifs is 3. The van der Waals surface area contributed by atoms with Crippen LogP contribution in [0.2, 0.25) is 0 Å². The molecule has 174 valence electrons. The van der Waals surface area contributed by atoms with Crippen LogP contribution in [0.5, 0.6) is 0 Å². The van der Waals surface area contributed by atoms with Gasteiger partial charge in [-0.05, 0) is 35.1 Å². The van der Waals surface area contributed by atoms with E-state index in [4.69, 9.17) is 9.47 Å². The van der Waals surface area contributed by atoms with Gasteiger partial charge in [0.2, 0.25) is 11.8 Å². The number of carbonyl (C=O) groups excluding carboxylic acids is 2. The second kappa shape index (κ2) is 9.65. The highest BCUT2D eigenvalue weighted by Crippen LogP contribution is 2.53. The number of benzene rings is 2. The molecule has 1 aliphatic carbocycles. The number of ether oxygens (including phenoxy) is 2. The first kappa shape index (κ1) is 22.1. The van der Waals surface area contributed by atoms with Gasteiger partial charge in [-0.2, -0.15) is 0 Å². The van der Waals surface area contributed by atoms with Gasteiger partial charge in [0.05, 0.1) is 26.4 Å². The monoisotopic (exact) mass is 448 g/mol. The molecule has 0 atom stereocenters. The summed E-state index contributed by atoms with van der Waals surface area (Å²) < 4.78 is 10.8. The minimum absolute atomic E-state index is 0.180. The van der Waals surface area contributed by atoms with E-state index < -0.39 is 0 Å². The Morgan fingerprint density at radius 3 is 1.48 bits per heavy atom. The minimum atomic E-state index is -0.336. The van der Waals surface area contributed by atoms with Crippen LogP contribution in [0.3, 0.4) is 0 Å². The van der Waals surface area contributed by atoms with Crippen LogP contribution < -0.4 is 0 Å². The molecule has 0 aromatic heterocycles. The molecular formula is C27H32N2O4. The van der Waals surface area contributed by atoms with E-state index >= 15 is 0 Å². The standard InChI is InChI=1S/C27H32N2O4/c30-25(28-13-17-32-18-14-28)9-11-27(12-10-26(31)29-15-19-33-20-16-29)23-7-3-1-5-21(23)22-6-2-4-8-24(22)27/h1-8H,9-20H2. The van der Waals surface area contributed by atoms with E-state index in [1.165, 1.54) is 22.3 Å². The molecule has 2 aromatic rings. The van der Waals surface area contributed by atoms with Crippen molar-refractivity contribution >= 4 is 11.8 Å². The minimum Gasteiger partial charge on any atom is -0.378 e. The zero-order valence-corrected chi connectivity index (χ0v) is 19.1. The number of morpholine rings is 2. The highest BCUT2D eigenvalue weighted by Gasteiger charge is 2.43. The van der Waals surface area contributed by atoms with Gasteiger partial charge in [-0.1, -0.05) is 48.5 Å². The Labute approximate surface area is 195 Å². The maximum absolute atomic E-state index is 13.1. The van der Waals surface area contributed by atoms with E-state index in [1.54, 1.807) is 0 Å². The number of nitrogens with zero attached hydrogens (tertiary/aromatic N) is 2. The molecule has 0 spiro atoms. The van der Waals surface area contributed by atoms with Crippen molar-refractivity contribution in [3.8, 4) is 11.1 Å². The van der Waals surface area contributed by atoms with Gasteiger partial charge in [0.15, 0.2) is 0 Å². The lowest BCUT2D eigenvalue weighted by molar-refractivity contribution is -0.135. The van der Waals surface area contributed by atoms with E-state index in [0.717, 1.165) is 0 Å². The van der Waals surface area contributed by atoms with Crippen molar-refractivity contribution in [3.63, 3.8) is 0 Å². The van der Waals surface area contributed by atoms with Crippen LogP contribution in [0.25, 0.3) is 11.1 Å². The Balaban J connectivity index is 1.43. The molecule has 0 unspecified atom stereocenters. The molecule has 6 heteroatoms. The zero-order chi connectivity index (χ0) is 22.7. The number of amides is 2. The third-order valence-corrected chi connectivity index (χ3v) is 7.43. The number of carbonyl (C=O) groups is 2. The Morgan fingerprint density at radius 2 is 1.06 bits per heavy atom. The molecule has 5 rings (SSSR count). The maximum atomic E-state index is 13.1. The highest BCUT2D eigenvalue weighted by atomic mass is 16.5. The van der Waals surface area contributed by atoms with Crippen molar-refractivity contribution in [2.75, 3.05) is 52.6 Å². The normalized spacial score (nSPS) is 19.2. The lowest BCUT2D eigenvalue weighted by atomic mass is 9.71. The van der Waals surface area contributed by atoms with Gasteiger partial charge >= 0.3 is 0 Å². The summed E-state index contributed by atoms with van der Waals surface area (Å²) in [6.07, 6.45) is 2.34. The highest BCUT2D eigenvalue weighted by molar-refractivity contribution is 5.83. The van der Waals surface area contributed by atoms with Crippen LogP contribution in [0, 0.1) is 0 Å². The topological polar surface area (TPSA) is 59.1 Å². The number of hydrogen-bond acceptors (Lipinski definition) is 4. The van der Waals surface area contributed by atoms with Crippen LogP contribution >= 0.6 is 0 Å². The summed E-state index contributed by atoms with van der Waals surface area (Å²) in [7, 11) is 0. The Bertz CT molecular complexity index is 927. The fraction of sp³-hybridized carbons (Fsp3) is 0.481. The van der Waals surface area contributed by atoms with Crippen molar-refractivity contribution in [2.45, 2.75) is 31.1 Å². The van der Waals surface area contributed by atoms with Crippen LogP contribution in [-0.4, -0.2) is 74.2 Å². The van der Waals surface area contributed by atoms with Gasteiger partial charge in [0.25, 0.3) is 0 Å². The molecule has 0 radical (unpaired) electrons. The molecule has 2 aliphatic heterocycles. The molecule has 0 N–H and O–H groups in total. The smallest absolute Gasteiger partial charge is 0.222 e. The molecule has 6 nitrogen and oxygen atoms in total. The quantitative estimate of drug-likeness (QED) is 0.681. The molecule has 33 heavy (non-hydrogen) atoms. The SMILES string of the molecule is O=C(CCC1(CCC(=O)N2CCOCC2)c2ccccc2-c2ccccc21)N1CCOCC1. The number of hydrogen-bond donors (Lipinski definition) is 0. The largest absolute Gasteiger partial charge is 0.378 e. The van der Waals surface area contributed by atoms with E-state index in [9.17, 15) is 9.59 Å². The molecule has 0 saturated carbocycles. The third-order valence-electron chi connectivity index (χ3n) is 7.43. The predicted molar refractivity (Wildman–Crippen MR) is 126 cm³/mol. The van der Waals surface area contributed by atoms with E-state index in [1.807, 2.05) is 9.80 Å². The van der Waals surface area contributed by atoms with Gasteiger partial charge in [-0.3, -0.25) is 9.59 Å². The molecule has 2 amide bonds. The van der Waals surface area contributed by atoms with E-state index in [0.29, 0.717) is 78.3 Å². The number of rotatable bonds is 6. The fourth-order valence-corrected chi connectivity index (χ4v) is 5.66. The summed E-state index contributed by atoms with van der Waals surface area (Å²) in [4.78, 5) is 30.0. The van der Waals surface area contributed by atoms with Gasteiger partial charge < -0.3 is 19.3 Å². The van der Waals surface area contributed by atoms with Gasteiger partial charge in [-0.15, -0.1) is 0 Å². The second-order valence-electron chi connectivity index (χ2n) is 9.16. The second-order valence-corrected chi connectivity index (χ2v) is 9.16. The van der Waals surface area contributed by atoms with Crippen molar-refractivity contribution < 1.29 is 19.1 Å². The average Bonchev–Trinajstić information content (AvgIpc) is 3.17. The molecule has 2 heterocycles. The Kier molecular flexibility index (Phi) is 6.47. The van der Waals surface area contributed by atoms with Crippen LogP contribution in [0.15, 0.2) is 48.5 Å². The summed E-state index contributed by atoms with van der Waals surface area (Å²) in [5, 5.41) is 0. The summed E-state index contributed by atoms with van der Waals surface area (Å²) in [5.41, 5.74) is 4.61. The van der Waals surface area contributed by atoms with E-state index in [-0.39, 0.29) is 17.2 Å². The van der Waals surface area contributed by atoms with E-state index in [2.05, 4.69) is 48.5 Å². The van der Waals surface area contributed by atoms with Crippen molar-refractivity contribution in [2.24, 2.45) is 0 Å². The lowest BCUT2D eigenvalue weighted by Gasteiger charge is -2.35. The van der Waals surface area contributed by atoms with Crippen LogP contribution in [-0.2, 0) is 24.5 Å². The summed E-state index contributed by atoms with van der Waals surface area (Å²) in [6.45, 7) is 5.08. The lowest BCUT2D eigenvalue weighted by Crippen LogP contribution is -2.42. The summed E-state index contributed by atoms with van der Waals surface area (Å²) >= 11 is 0. The van der Waals surface area contributed by atoms with Gasteiger partial charge in [0, 0.05) is 44.4 Å². The van der Waals surface area contributed by atoms with Crippen LogP contribution in [0.1, 0.15) is 36.8 Å². The Hall–Kier alpha value is -2.70. The first-order valence-electron chi connectivity index (χ1n) is 12.1. The maximum Gasteiger partial charge on any atom is 0.222 e. The van der Waals surface area contributed by atoms with Crippen LogP contribution in [0.4, 0.5) is 0 Å². The zero-order valence-electron chi connectivity index (χ0n) is 19.1. The summed E-state index contributed by atoms with van der Waals surface area (Å²) in [5.74, 6) is 0.359. The molecule has 2 aromatic carbocycles. The molecule has 2 saturated heterocycles. The summed E-state index contributed by atoms with van der Waals surface area (Å²) in [6, 6.07) is 17.0. The average molecular weight is 449 g/mol. The first-order chi connectivity index (χ1) is 16.2. The molecule has 2 fully saturated rings. The first-order valence-corrected chi connectivity index (χ1v) is 12.1. The van der Waals surface area contributed by atoms with Crippen molar-refractivity contribution in [1.29, 1.82) is 0 Å². The van der Waals surface area contributed by atoms with Crippen molar-refractivity contribution in [1.82, 2.24) is 9.80 Å². The van der Waals surface area contributed by atoms with Gasteiger partial charge in [-0.25, -0.2) is 0 Å². The third kappa shape index (κ3) is 4.30. The molecule has 3 aliphatic rings. The Morgan fingerprint density at radius 1 is 0.667 bits per heavy atom. The van der Waals surface area contributed by atoms with Gasteiger partial charge in [0.1, 0.15) is 0 Å². The fourth-order valence-electron chi connectivity index (χ4n) is 5.66. The molecular weight excluding hydrogens is 416 g/mol. The molecule has 0 bridgehead atoms. The van der Waals surface area contributed by atoms with Crippen molar-refractivity contribution in [3.05, 3.63) is 59.7 Å². The predicted octanol–water partition coefficient (Wildman–Crippen LogP) is 3.23.